The van der Waals surface area contributed by atoms with Gasteiger partial charge in [-0.1, -0.05) is 18.5 Å². The van der Waals surface area contributed by atoms with Crippen LogP contribution < -0.4 is 25.0 Å². The van der Waals surface area contributed by atoms with Crippen molar-refractivity contribution in [1.29, 1.82) is 0 Å². The maximum Gasteiger partial charge on any atom is 0.339 e. The molecule has 2 amide bonds. The monoisotopic (exact) mass is 619 g/mol. The fraction of sp³-hybridized carbons (Fsp3) is 0.303. The third kappa shape index (κ3) is 8.36. The molecule has 1 saturated heterocycles. The van der Waals surface area contributed by atoms with E-state index in [2.05, 4.69) is 32.7 Å². The van der Waals surface area contributed by atoms with Gasteiger partial charge in [-0.3, -0.25) is 4.98 Å². The number of fused-ring (bicyclic) bond motifs is 1. The fourth-order valence-electron chi connectivity index (χ4n) is 4.90. The van der Waals surface area contributed by atoms with Gasteiger partial charge in [0.25, 0.3) is 0 Å². The molecule has 0 bridgehead atoms. The van der Waals surface area contributed by atoms with Crippen LogP contribution in [0, 0.1) is 11.7 Å². The highest BCUT2D eigenvalue weighted by Gasteiger charge is 2.16. The van der Waals surface area contributed by atoms with Crippen LogP contribution >= 0.6 is 11.6 Å². The number of likely N-dealkylation sites (tertiary alicyclic amines) is 1. The van der Waals surface area contributed by atoms with Gasteiger partial charge in [-0.25, -0.2) is 14.6 Å². The van der Waals surface area contributed by atoms with Crippen LogP contribution in [0.3, 0.4) is 0 Å². The van der Waals surface area contributed by atoms with Crippen LogP contribution in [0.4, 0.5) is 14.9 Å². The third-order valence-electron chi connectivity index (χ3n) is 7.40. The Hall–Kier alpha value is -4.41. The van der Waals surface area contributed by atoms with Crippen molar-refractivity contribution < 1.29 is 23.4 Å². The number of hydrogen-bond acceptors (Lipinski definition) is 7. The number of pyridine rings is 1. The van der Waals surface area contributed by atoms with E-state index in [1.807, 2.05) is 6.07 Å². The van der Waals surface area contributed by atoms with Gasteiger partial charge in [0.2, 0.25) is 0 Å². The van der Waals surface area contributed by atoms with Crippen molar-refractivity contribution in [3.05, 3.63) is 83.3 Å². The van der Waals surface area contributed by atoms with Crippen molar-refractivity contribution in [3.8, 4) is 23.0 Å². The number of ether oxygens (including phenoxy) is 3. The molecule has 0 saturated carbocycles. The van der Waals surface area contributed by atoms with Gasteiger partial charge in [-0.05, 0) is 98.4 Å². The number of rotatable bonds is 11. The minimum Gasteiger partial charge on any atom is -0.493 e. The summed E-state index contributed by atoms with van der Waals surface area (Å²) in [4.78, 5) is 19.0. The van der Waals surface area contributed by atoms with Gasteiger partial charge in [-0.15, -0.1) is 0 Å². The lowest BCUT2D eigenvalue weighted by atomic mass is 9.99. The van der Waals surface area contributed by atoms with Crippen LogP contribution in [-0.2, 0) is 0 Å². The zero-order chi connectivity index (χ0) is 30.9. The Morgan fingerprint density at radius 1 is 1.07 bits per heavy atom. The number of carbonyl (C=O) groups excluding carboxylic acids is 1. The molecule has 0 radical (unpaired) electrons. The summed E-state index contributed by atoms with van der Waals surface area (Å²) in [5, 5.41) is 7.70. The Morgan fingerprint density at radius 2 is 1.86 bits per heavy atom. The second-order valence-corrected chi connectivity index (χ2v) is 11.1. The Morgan fingerprint density at radius 3 is 2.61 bits per heavy atom. The highest BCUT2D eigenvalue weighted by Crippen LogP contribution is 2.37. The molecule has 44 heavy (non-hydrogen) atoms. The van der Waals surface area contributed by atoms with E-state index < -0.39 is 11.8 Å². The lowest BCUT2D eigenvalue weighted by Gasteiger charge is -2.30. The molecule has 0 unspecified atom stereocenters. The maximum atomic E-state index is 15.0. The number of piperidine rings is 1. The first-order valence-electron chi connectivity index (χ1n) is 14.5. The van der Waals surface area contributed by atoms with Crippen LogP contribution in [0.1, 0.15) is 31.7 Å². The Kier molecular flexibility index (Phi) is 10.5. The van der Waals surface area contributed by atoms with Gasteiger partial charge < -0.3 is 24.4 Å². The van der Waals surface area contributed by atoms with E-state index in [4.69, 9.17) is 25.8 Å². The molecule has 1 aliphatic heterocycles. The number of amides is 2. The zero-order valence-electron chi connectivity index (χ0n) is 24.7. The van der Waals surface area contributed by atoms with Crippen LogP contribution in [-0.4, -0.2) is 55.5 Å². The number of urea groups is 1. The molecule has 230 valence electrons. The van der Waals surface area contributed by atoms with Crippen molar-refractivity contribution in [1.82, 2.24) is 15.3 Å². The van der Waals surface area contributed by atoms with Gasteiger partial charge in [0.05, 0.1) is 25.4 Å². The zero-order valence-corrected chi connectivity index (χ0v) is 25.4. The standard InChI is InChI=1S/C33H35ClFN5O4/c1-22-11-15-40(16-12-22)14-3-17-43-32-20-28-26(19-31(32)42-2)29(10-13-36-28)44-30-9-4-23(18-27(30)35)21-37-39-33(41)38-25-7-5-24(34)6-8-25/h4-10,13,18-22H,3,11-12,14-17H2,1-2H3,(H2,38,39,41)/b37-21+. The van der Waals surface area contributed by atoms with Crippen LogP contribution in [0.5, 0.6) is 23.0 Å². The highest BCUT2D eigenvalue weighted by atomic mass is 35.5. The summed E-state index contributed by atoms with van der Waals surface area (Å²) in [6, 6.07) is 15.7. The molecule has 0 spiro atoms. The van der Waals surface area contributed by atoms with Crippen LogP contribution in [0.15, 0.2) is 72.0 Å². The van der Waals surface area contributed by atoms with Gasteiger partial charge >= 0.3 is 6.03 Å². The van der Waals surface area contributed by atoms with E-state index in [-0.39, 0.29) is 5.75 Å². The molecule has 2 heterocycles. The van der Waals surface area contributed by atoms with E-state index in [9.17, 15) is 4.79 Å². The highest BCUT2D eigenvalue weighted by molar-refractivity contribution is 6.30. The molecule has 4 aromatic rings. The molecule has 0 atom stereocenters. The van der Waals surface area contributed by atoms with E-state index in [0.717, 1.165) is 32.0 Å². The Bertz CT molecular complexity index is 1610. The van der Waals surface area contributed by atoms with Crippen molar-refractivity contribution in [2.24, 2.45) is 11.0 Å². The maximum absolute atomic E-state index is 15.0. The minimum absolute atomic E-state index is 0.0227. The molecule has 9 nitrogen and oxygen atoms in total. The molecule has 1 fully saturated rings. The third-order valence-corrected chi connectivity index (χ3v) is 7.65. The van der Waals surface area contributed by atoms with E-state index in [1.54, 1.807) is 55.8 Å². The summed E-state index contributed by atoms with van der Waals surface area (Å²) >= 11 is 5.85. The van der Waals surface area contributed by atoms with Crippen molar-refractivity contribution >= 4 is 40.4 Å². The molecule has 5 rings (SSSR count). The summed E-state index contributed by atoms with van der Waals surface area (Å²) in [5.74, 6) is 1.80. The van der Waals surface area contributed by atoms with Crippen molar-refractivity contribution in [3.63, 3.8) is 0 Å². The van der Waals surface area contributed by atoms with Gasteiger partial charge in [0.1, 0.15) is 5.75 Å². The number of nitrogens with one attached hydrogen (secondary N) is 2. The molecule has 0 aliphatic carbocycles. The average Bonchev–Trinajstić information content (AvgIpc) is 3.02. The number of hydrogen-bond donors (Lipinski definition) is 2. The van der Waals surface area contributed by atoms with Gasteiger partial charge in [-0.2, -0.15) is 5.10 Å². The first-order chi connectivity index (χ1) is 21.4. The smallest absolute Gasteiger partial charge is 0.339 e. The normalized spacial score (nSPS) is 14.1. The van der Waals surface area contributed by atoms with E-state index >= 15 is 4.39 Å². The molecular weight excluding hydrogens is 585 g/mol. The average molecular weight is 620 g/mol. The first kappa shape index (κ1) is 31.0. The number of halogens is 2. The molecule has 3 aromatic carbocycles. The van der Waals surface area contributed by atoms with Crippen molar-refractivity contribution in [2.45, 2.75) is 26.2 Å². The second-order valence-electron chi connectivity index (χ2n) is 10.7. The summed E-state index contributed by atoms with van der Waals surface area (Å²) in [5.41, 5.74) is 3.96. The van der Waals surface area contributed by atoms with Crippen LogP contribution in [0.25, 0.3) is 10.9 Å². The number of benzene rings is 3. The summed E-state index contributed by atoms with van der Waals surface area (Å²) < 4.78 is 32.7. The quantitative estimate of drug-likeness (QED) is 0.103. The molecule has 2 N–H and O–H groups in total. The minimum atomic E-state index is -0.598. The lowest BCUT2D eigenvalue weighted by Crippen LogP contribution is -2.34. The fourth-order valence-corrected chi connectivity index (χ4v) is 5.03. The molecule has 1 aliphatic rings. The van der Waals surface area contributed by atoms with Crippen molar-refractivity contribution in [2.75, 3.05) is 38.7 Å². The van der Waals surface area contributed by atoms with Gasteiger partial charge in [0, 0.05) is 34.9 Å². The predicted octanol–water partition coefficient (Wildman–Crippen LogP) is 7.48. The number of hydrazone groups is 1. The Labute approximate surface area is 261 Å². The number of methoxy groups -OCH3 is 1. The number of nitrogens with zero attached hydrogens (tertiary/aromatic N) is 3. The van der Waals surface area contributed by atoms with E-state index in [0.29, 0.717) is 51.0 Å². The summed E-state index contributed by atoms with van der Waals surface area (Å²) in [6.07, 6.45) is 6.35. The molecular formula is C33H35ClFN5O4. The van der Waals surface area contributed by atoms with Crippen LogP contribution in [0.2, 0.25) is 5.02 Å². The van der Waals surface area contributed by atoms with Gasteiger partial charge in [0.15, 0.2) is 23.1 Å². The number of aromatic nitrogens is 1. The molecule has 11 heteroatoms. The predicted molar refractivity (Wildman–Crippen MR) is 171 cm³/mol. The summed E-state index contributed by atoms with van der Waals surface area (Å²) in [7, 11) is 1.58. The molecule has 1 aromatic heterocycles. The first-order valence-corrected chi connectivity index (χ1v) is 14.9. The number of anilines is 1. The lowest BCUT2D eigenvalue weighted by molar-refractivity contribution is 0.176. The second kappa shape index (κ2) is 14.9. The largest absolute Gasteiger partial charge is 0.493 e. The number of carbonyl (C=O) groups is 1. The Balaban J connectivity index is 1.19. The topological polar surface area (TPSA) is 97.3 Å². The SMILES string of the molecule is COc1cc2c(Oc3ccc(/C=N/NC(=O)Nc4ccc(Cl)cc4)cc3F)ccnc2cc1OCCCN1CCC(C)CC1. The summed E-state index contributed by atoms with van der Waals surface area (Å²) in [6.45, 7) is 6.17. The van der Waals surface area contributed by atoms with E-state index in [1.165, 1.54) is 31.2 Å².